The van der Waals surface area contributed by atoms with Gasteiger partial charge in [0.05, 0.1) is 11.9 Å². The third-order valence-corrected chi connectivity index (χ3v) is 3.79. The Hall–Kier alpha value is -2.35. The molecule has 1 aromatic carbocycles. The van der Waals surface area contributed by atoms with Crippen LogP contribution in [0.4, 0.5) is 11.4 Å². The van der Waals surface area contributed by atoms with Gasteiger partial charge in [-0.2, -0.15) is 0 Å². The van der Waals surface area contributed by atoms with Crippen molar-refractivity contribution in [3.8, 4) is 0 Å². The lowest BCUT2D eigenvalue weighted by atomic mass is 10.1. The average molecular weight is 324 g/mol. The average Bonchev–Trinajstić information content (AvgIpc) is 2.43. The number of sulfonamides is 1. The Morgan fingerprint density at radius 3 is 2.55 bits per heavy atom. The predicted octanol–water partition coefficient (Wildman–Crippen LogP) is 1.43. The maximum absolute atomic E-state index is 11.7. The summed E-state index contributed by atoms with van der Waals surface area (Å²) in [5.41, 5.74) is 0.217. The highest BCUT2D eigenvalue weighted by molar-refractivity contribution is 7.92. The number of aldehydes is 1. The summed E-state index contributed by atoms with van der Waals surface area (Å²) in [5, 5.41) is 0.348. The van der Waals surface area contributed by atoms with Crippen LogP contribution in [0.15, 0.2) is 27.4 Å². The fourth-order valence-corrected chi connectivity index (χ4v) is 2.56. The molecule has 0 aliphatic carbocycles. The molecule has 8 heteroatoms. The zero-order valence-corrected chi connectivity index (χ0v) is 13.2. The lowest BCUT2D eigenvalue weighted by Crippen LogP contribution is -2.17. The summed E-state index contributed by atoms with van der Waals surface area (Å²) < 4.78 is 30.6. The molecule has 0 radical (unpaired) electrons. The molecule has 0 bridgehead atoms. The third-order valence-electron chi connectivity index (χ3n) is 3.20. The van der Waals surface area contributed by atoms with Gasteiger partial charge in [0.2, 0.25) is 10.0 Å². The number of hydrogen-bond acceptors (Lipinski definition) is 6. The lowest BCUT2D eigenvalue weighted by molar-refractivity contribution is 0.112. The zero-order chi connectivity index (χ0) is 16.5. The summed E-state index contributed by atoms with van der Waals surface area (Å²) in [4.78, 5) is 24.4. The minimum Gasteiger partial charge on any atom is -0.422 e. The zero-order valence-electron chi connectivity index (χ0n) is 12.4. The van der Waals surface area contributed by atoms with Crippen LogP contribution in [0.2, 0.25) is 0 Å². The van der Waals surface area contributed by atoms with Gasteiger partial charge in [0.1, 0.15) is 11.1 Å². The number of carbonyl (C=O) groups is 1. The van der Waals surface area contributed by atoms with Gasteiger partial charge in [-0.3, -0.25) is 9.52 Å². The van der Waals surface area contributed by atoms with Crippen molar-refractivity contribution in [2.45, 2.75) is 6.92 Å². The SMILES string of the molecule is CCN(C)c1cc(NS(C)(=O)=O)c2cc(C=O)c(=O)oc2c1. The number of nitrogens with one attached hydrogen (secondary N) is 1. The first kappa shape index (κ1) is 16.0. The number of nitrogens with zero attached hydrogens (tertiary/aromatic N) is 1. The number of carbonyl (C=O) groups excluding carboxylic acids is 1. The van der Waals surface area contributed by atoms with Gasteiger partial charge >= 0.3 is 5.63 Å². The van der Waals surface area contributed by atoms with Crippen LogP contribution in [0.25, 0.3) is 11.0 Å². The molecule has 0 amide bonds. The molecule has 2 rings (SSSR count). The highest BCUT2D eigenvalue weighted by Gasteiger charge is 2.14. The molecule has 0 atom stereocenters. The fourth-order valence-electron chi connectivity index (χ4n) is 1.99. The monoisotopic (exact) mass is 324 g/mol. The van der Waals surface area contributed by atoms with Gasteiger partial charge in [-0.1, -0.05) is 0 Å². The van der Waals surface area contributed by atoms with E-state index in [1.165, 1.54) is 6.07 Å². The first-order chi connectivity index (χ1) is 10.2. The van der Waals surface area contributed by atoms with Crippen molar-refractivity contribution in [2.75, 3.05) is 29.5 Å². The van der Waals surface area contributed by atoms with Crippen molar-refractivity contribution < 1.29 is 17.6 Å². The Kier molecular flexibility index (Phi) is 4.23. The molecule has 22 heavy (non-hydrogen) atoms. The lowest BCUT2D eigenvalue weighted by Gasteiger charge is -2.19. The maximum atomic E-state index is 11.7. The topological polar surface area (TPSA) is 96.7 Å². The van der Waals surface area contributed by atoms with Crippen LogP contribution >= 0.6 is 0 Å². The van der Waals surface area contributed by atoms with Gasteiger partial charge in [0.25, 0.3) is 0 Å². The van der Waals surface area contributed by atoms with E-state index in [-0.39, 0.29) is 16.8 Å². The molecule has 2 aromatic rings. The highest BCUT2D eigenvalue weighted by Crippen LogP contribution is 2.30. The van der Waals surface area contributed by atoms with E-state index < -0.39 is 15.6 Å². The standard InChI is InChI=1S/C14H16N2O5S/c1-4-16(2)10-6-12(15-22(3,19)20)11-5-9(8-17)14(18)21-13(11)7-10/h5-8,15H,4H2,1-3H3. The minimum atomic E-state index is -3.52. The van der Waals surface area contributed by atoms with E-state index in [1.54, 1.807) is 12.1 Å². The van der Waals surface area contributed by atoms with E-state index in [9.17, 15) is 18.0 Å². The maximum Gasteiger partial charge on any atom is 0.346 e. The van der Waals surface area contributed by atoms with Crippen molar-refractivity contribution in [2.24, 2.45) is 0 Å². The molecular weight excluding hydrogens is 308 g/mol. The van der Waals surface area contributed by atoms with E-state index in [0.717, 1.165) is 6.26 Å². The van der Waals surface area contributed by atoms with Crippen molar-refractivity contribution in [3.63, 3.8) is 0 Å². The summed E-state index contributed by atoms with van der Waals surface area (Å²) >= 11 is 0. The largest absolute Gasteiger partial charge is 0.422 e. The Bertz CT molecular complexity index is 886. The Morgan fingerprint density at radius 1 is 1.32 bits per heavy atom. The second kappa shape index (κ2) is 5.80. The quantitative estimate of drug-likeness (QED) is 0.660. The Labute approximate surface area is 127 Å². The van der Waals surface area contributed by atoms with Crippen LogP contribution in [0.3, 0.4) is 0 Å². The minimum absolute atomic E-state index is 0.166. The summed E-state index contributed by atoms with van der Waals surface area (Å²) in [7, 11) is -1.70. The summed E-state index contributed by atoms with van der Waals surface area (Å²) in [6.07, 6.45) is 1.40. The highest BCUT2D eigenvalue weighted by atomic mass is 32.2. The molecule has 118 valence electrons. The summed E-state index contributed by atoms with van der Waals surface area (Å²) in [6.45, 7) is 2.61. The van der Waals surface area contributed by atoms with Crippen molar-refractivity contribution in [1.29, 1.82) is 0 Å². The molecule has 0 saturated heterocycles. The summed E-state index contributed by atoms with van der Waals surface area (Å²) in [6, 6.07) is 4.57. The number of benzene rings is 1. The summed E-state index contributed by atoms with van der Waals surface area (Å²) in [5.74, 6) is 0. The molecule has 0 aliphatic heterocycles. The molecule has 0 spiro atoms. The van der Waals surface area contributed by atoms with Crippen LogP contribution in [0.5, 0.6) is 0 Å². The van der Waals surface area contributed by atoms with Gasteiger partial charge in [0.15, 0.2) is 6.29 Å². The van der Waals surface area contributed by atoms with Crippen LogP contribution in [0.1, 0.15) is 17.3 Å². The first-order valence-corrected chi connectivity index (χ1v) is 8.40. The molecule has 1 aromatic heterocycles. The van der Waals surface area contributed by atoms with E-state index in [0.29, 0.717) is 23.9 Å². The predicted molar refractivity (Wildman–Crippen MR) is 85.3 cm³/mol. The van der Waals surface area contributed by atoms with Crippen LogP contribution in [-0.4, -0.2) is 34.6 Å². The van der Waals surface area contributed by atoms with Crippen LogP contribution in [0, 0.1) is 0 Å². The number of fused-ring (bicyclic) bond motifs is 1. The van der Waals surface area contributed by atoms with Gasteiger partial charge in [0, 0.05) is 30.7 Å². The van der Waals surface area contributed by atoms with Gasteiger partial charge in [-0.25, -0.2) is 13.2 Å². The smallest absolute Gasteiger partial charge is 0.346 e. The number of anilines is 2. The molecule has 0 unspecified atom stereocenters. The van der Waals surface area contributed by atoms with Crippen molar-refractivity contribution >= 4 is 38.7 Å². The number of hydrogen-bond donors (Lipinski definition) is 1. The van der Waals surface area contributed by atoms with Crippen LogP contribution < -0.4 is 15.2 Å². The van der Waals surface area contributed by atoms with Gasteiger partial charge in [-0.05, 0) is 19.1 Å². The Balaban J connectivity index is 2.81. The van der Waals surface area contributed by atoms with Gasteiger partial charge in [-0.15, -0.1) is 0 Å². The molecule has 1 heterocycles. The van der Waals surface area contributed by atoms with E-state index in [4.69, 9.17) is 4.42 Å². The van der Waals surface area contributed by atoms with Crippen molar-refractivity contribution in [1.82, 2.24) is 0 Å². The second-order valence-electron chi connectivity index (χ2n) is 4.90. The molecule has 1 N–H and O–H groups in total. The number of rotatable bonds is 5. The molecule has 0 saturated carbocycles. The molecule has 0 aliphatic rings. The van der Waals surface area contributed by atoms with Crippen molar-refractivity contribution in [3.05, 3.63) is 34.2 Å². The Morgan fingerprint density at radius 2 is 2.00 bits per heavy atom. The molecule has 0 fully saturated rings. The second-order valence-corrected chi connectivity index (χ2v) is 6.65. The van der Waals surface area contributed by atoms with E-state index in [1.807, 2.05) is 18.9 Å². The third kappa shape index (κ3) is 3.28. The first-order valence-electron chi connectivity index (χ1n) is 6.51. The molecule has 7 nitrogen and oxygen atoms in total. The fraction of sp³-hybridized carbons (Fsp3) is 0.286. The van der Waals surface area contributed by atoms with E-state index in [2.05, 4.69) is 4.72 Å². The van der Waals surface area contributed by atoms with Crippen LogP contribution in [-0.2, 0) is 10.0 Å². The van der Waals surface area contributed by atoms with E-state index >= 15 is 0 Å². The molecular formula is C14H16N2O5S. The normalized spacial score (nSPS) is 11.4. The van der Waals surface area contributed by atoms with Gasteiger partial charge < -0.3 is 9.32 Å².